The number of benzene rings is 3. The van der Waals surface area contributed by atoms with Crippen molar-refractivity contribution in [3.63, 3.8) is 0 Å². The van der Waals surface area contributed by atoms with E-state index in [9.17, 15) is 8.42 Å². The lowest BCUT2D eigenvalue weighted by Crippen LogP contribution is -2.15. The Hall–Kier alpha value is -3.38. The van der Waals surface area contributed by atoms with Crippen LogP contribution in [0.4, 0.5) is 11.4 Å². The number of hydrogen-bond donors (Lipinski definition) is 2. The second kappa shape index (κ2) is 7.93. The SMILES string of the molecule is Cc1ccc(S(=O)(=O)Nc2ccccc2CNc2cccc3cccnc23)cc1. The van der Waals surface area contributed by atoms with E-state index < -0.39 is 10.0 Å². The Morgan fingerprint density at radius 1 is 0.828 bits per heavy atom. The van der Waals surface area contributed by atoms with Crippen LogP contribution in [0.5, 0.6) is 0 Å². The summed E-state index contributed by atoms with van der Waals surface area (Å²) < 4.78 is 28.3. The Morgan fingerprint density at radius 3 is 2.38 bits per heavy atom. The number of para-hydroxylation sites is 2. The molecule has 0 aliphatic carbocycles. The number of anilines is 2. The van der Waals surface area contributed by atoms with E-state index in [2.05, 4.69) is 15.0 Å². The van der Waals surface area contributed by atoms with Crippen LogP contribution in [-0.4, -0.2) is 13.4 Å². The average Bonchev–Trinajstić information content (AvgIpc) is 2.73. The van der Waals surface area contributed by atoms with Gasteiger partial charge in [0.25, 0.3) is 10.0 Å². The summed E-state index contributed by atoms with van der Waals surface area (Å²) in [5.74, 6) is 0. The van der Waals surface area contributed by atoms with E-state index in [4.69, 9.17) is 0 Å². The molecule has 0 spiro atoms. The van der Waals surface area contributed by atoms with Crippen molar-refractivity contribution >= 4 is 32.3 Å². The van der Waals surface area contributed by atoms with Crippen molar-refractivity contribution in [1.29, 1.82) is 0 Å². The summed E-state index contributed by atoms with van der Waals surface area (Å²) in [6, 6.07) is 24.0. The third-order valence-electron chi connectivity index (χ3n) is 4.69. The number of nitrogens with zero attached hydrogens (tertiary/aromatic N) is 1. The van der Waals surface area contributed by atoms with E-state index in [0.717, 1.165) is 27.7 Å². The van der Waals surface area contributed by atoms with Gasteiger partial charge in [0, 0.05) is 18.1 Å². The van der Waals surface area contributed by atoms with Gasteiger partial charge in [-0.2, -0.15) is 0 Å². The number of fused-ring (bicyclic) bond motifs is 1. The highest BCUT2D eigenvalue weighted by Crippen LogP contribution is 2.24. The van der Waals surface area contributed by atoms with Gasteiger partial charge in [-0.1, -0.05) is 54.1 Å². The maximum absolute atomic E-state index is 12.8. The van der Waals surface area contributed by atoms with Gasteiger partial charge in [0.2, 0.25) is 0 Å². The predicted octanol–water partition coefficient (Wildman–Crippen LogP) is 4.96. The number of pyridine rings is 1. The van der Waals surface area contributed by atoms with Crippen molar-refractivity contribution in [3.05, 3.63) is 96.2 Å². The van der Waals surface area contributed by atoms with Crippen LogP contribution in [0.15, 0.2) is 90.0 Å². The smallest absolute Gasteiger partial charge is 0.261 e. The molecule has 4 aromatic rings. The number of hydrogen-bond acceptors (Lipinski definition) is 4. The Bertz CT molecular complexity index is 1250. The van der Waals surface area contributed by atoms with Crippen molar-refractivity contribution < 1.29 is 8.42 Å². The van der Waals surface area contributed by atoms with Gasteiger partial charge >= 0.3 is 0 Å². The second-order valence-corrected chi connectivity index (χ2v) is 8.49. The minimum absolute atomic E-state index is 0.240. The number of aryl methyl sites for hydroxylation is 1. The van der Waals surface area contributed by atoms with Gasteiger partial charge in [0.1, 0.15) is 0 Å². The first kappa shape index (κ1) is 19.0. The molecule has 0 fully saturated rings. The van der Waals surface area contributed by atoms with Crippen LogP contribution in [0.1, 0.15) is 11.1 Å². The molecule has 0 radical (unpaired) electrons. The lowest BCUT2D eigenvalue weighted by Gasteiger charge is -2.14. The molecule has 5 nitrogen and oxygen atoms in total. The molecule has 0 amide bonds. The van der Waals surface area contributed by atoms with Crippen LogP contribution < -0.4 is 10.0 Å². The molecule has 4 rings (SSSR count). The van der Waals surface area contributed by atoms with E-state index in [1.54, 1.807) is 36.5 Å². The quantitative estimate of drug-likeness (QED) is 0.478. The molecule has 146 valence electrons. The third kappa shape index (κ3) is 4.22. The Balaban J connectivity index is 1.58. The molecular formula is C23H21N3O2S. The largest absolute Gasteiger partial charge is 0.379 e. The predicted molar refractivity (Wildman–Crippen MR) is 117 cm³/mol. The molecule has 1 heterocycles. The molecule has 0 saturated carbocycles. The zero-order valence-corrected chi connectivity index (χ0v) is 16.8. The van der Waals surface area contributed by atoms with E-state index in [-0.39, 0.29) is 4.90 Å². The number of sulfonamides is 1. The maximum Gasteiger partial charge on any atom is 0.261 e. The number of nitrogens with one attached hydrogen (secondary N) is 2. The summed E-state index contributed by atoms with van der Waals surface area (Å²) in [6.07, 6.45) is 1.76. The minimum atomic E-state index is -3.66. The van der Waals surface area contributed by atoms with Crippen molar-refractivity contribution in [2.24, 2.45) is 0 Å². The van der Waals surface area contributed by atoms with Crippen molar-refractivity contribution in [2.75, 3.05) is 10.0 Å². The van der Waals surface area contributed by atoms with Gasteiger partial charge in [-0.05, 0) is 42.8 Å². The molecule has 29 heavy (non-hydrogen) atoms. The molecule has 0 bridgehead atoms. The molecular weight excluding hydrogens is 382 g/mol. The second-order valence-electron chi connectivity index (χ2n) is 6.81. The van der Waals surface area contributed by atoms with Crippen LogP contribution in [0.3, 0.4) is 0 Å². The molecule has 0 aliphatic heterocycles. The topological polar surface area (TPSA) is 71.1 Å². The summed E-state index contributed by atoms with van der Waals surface area (Å²) in [7, 11) is -3.66. The molecule has 0 aliphatic rings. The summed E-state index contributed by atoms with van der Waals surface area (Å²) >= 11 is 0. The first-order chi connectivity index (χ1) is 14.0. The normalized spacial score (nSPS) is 11.3. The highest BCUT2D eigenvalue weighted by molar-refractivity contribution is 7.92. The van der Waals surface area contributed by atoms with E-state index in [0.29, 0.717) is 12.2 Å². The van der Waals surface area contributed by atoms with Crippen molar-refractivity contribution in [1.82, 2.24) is 4.98 Å². The summed E-state index contributed by atoms with van der Waals surface area (Å²) in [5.41, 5.74) is 4.19. The lowest BCUT2D eigenvalue weighted by atomic mass is 10.1. The summed E-state index contributed by atoms with van der Waals surface area (Å²) in [4.78, 5) is 4.69. The number of rotatable bonds is 6. The fraction of sp³-hybridized carbons (Fsp3) is 0.0870. The van der Waals surface area contributed by atoms with Crippen molar-refractivity contribution in [2.45, 2.75) is 18.4 Å². The first-order valence-corrected chi connectivity index (χ1v) is 10.8. The average molecular weight is 404 g/mol. The van der Waals surface area contributed by atoms with Gasteiger partial charge in [-0.25, -0.2) is 8.42 Å². The maximum atomic E-state index is 12.8. The lowest BCUT2D eigenvalue weighted by molar-refractivity contribution is 0.601. The monoisotopic (exact) mass is 403 g/mol. The first-order valence-electron chi connectivity index (χ1n) is 9.28. The van der Waals surface area contributed by atoms with Crippen LogP contribution in [0, 0.1) is 6.92 Å². The summed E-state index contributed by atoms with van der Waals surface area (Å²) in [5, 5.41) is 4.43. The van der Waals surface area contributed by atoms with E-state index in [1.807, 2.05) is 55.5 Å². The molecule has 6 heteroatoms. The van der Waals surface area contributed by atoms with E-state index in [1.165, 1.54) is 0 Å². The van der Waals surface area contributed by atoms with Gasteiger partial charge in [0.05, 0.1) is 21.8 Å². The fourth-order valence-electron chi connectivity index (χ4n) is 3.13. The Kier molecular flexibility index (Phi) is 5.18. The zero-order chi connectivity index (χ0) is 20.3. The molecule has 3 aromatic carbocycles. The molecule has 2 N–H and O–H groups in total. The Labute approximate surface area is 170 Å². The van der Waals surface area contributed by atoms with Gasteiger partial charge < -0.3 is 5.32 Å². The van der Waals surface area contributed by atoms with Crippen LogP contribution in [0.25, 0.3) is 10.9 Å². The standard InChI is InChI=1S/C23H21N3O2S/c1-17-11-13-20(14-12-17)29(27,28)26-21-9-3-2-6-19(21)16-25-22-10-4-7-18-8-5-15-24-23(18)22/h2-15,25-26H,16H2,1H3. The van der Waals surface area contributed by atoms with Gasteiger partial charge in [0.15, 0.2) is 0 Å². The molecule has 0 saturated heterocycles. The number of aromatic nitrogens is 1. The van der Waals surface area contributed by atoms with Crippen LogP contribution in [-0.2, 0) is 16.6 Å². The Morgan fingerprint density at radius 2 is 1.55 bits per heavy atom. The molecule has 1 aromatic heterocycles. The van der Waals surface area contributed by atoms with E-state index >= 15 is 0 Å². The zero-order valence-electron chi connectivity index (χ0n) is 16.0. The molecule has 0 unspecified atom stereocenters. The fourth-order valence-corrected chi connectivity index (χ4v) is 4.23. The molecule has 0 atom stereocenters. The van der Waals surface area contributed by atoms with Gasteiger partial charge in [-0.3, -0.25) is 9.71 Å². The van der Waals surface area contributed by atoms with Crippen LogP contribution >= 0.6 is 0 Å². The highest BCUT2D eigenvalue weighted by Gasteiger charge is 2.15. The highest BCUT2D eigenvalue weighted by atomic mass is 32.2. The third-order valence-corrected chi connectivity index (χ3v) is 6.08. The minimum Gasteiger partial charge on any atom is -0.379 e. The van der Waals surface area contributed by atoms with Gasteiger partial charge in [-0.15, -0.1) is 0 Å². The van der Waals surface area contributed by atoms with Crippen molar-refractivity contribution in [3.8, 4) is 0 Å². The van der Waals surface area contributed by atoms with Crippen LogP contribution in [0.2, 0.25) is 0 Å². The summed E-state index contributed by atoms with van der Waals surface area (Å²) in [6.45, 7) is 2.38.